The number of hydrogen-bond acceptors (Lipinski definition) is 6. The third-order valence-electron chi connectivity index (χ3n) is 3.17. The van der Waals surface area contributed by atoms with Crippen LogP contribution in [-0.4, -0.2) is 87.4 Å². The van der Waals surface area contributed by atoms with Crippen molar-refractivity contribution >= 4 is 11.8 Å². The van der Waals surface area contributed by atoms with E-state index < -0.39 is 0 Å². The van der Waals surface area contributed by atoms with Crippen molar-refractivity contribution in [3.05, 3.63) is 0 Å². The minimum absolute atomic E-state index is 0.198. The van der Waals surface area contributed by atoms with Gasteiger partial charge in [-0.1, -0.05) is 0 Å². The van der Waals surface area contributed by atoms with E-state index in [2.05, 4.69) is 11.2 Å². The van der Waals surface area contributed by atoms with E-state index in [-0.39, 0.29) is 12.6 Å². The third-order valence-corrected chi connectivity index (χ3v) is 3.82. The first-order chi connectivity index (χ1) is 9.38. The first-order valence-corrected chi connectivity index (χ1v) is 8.35. The van der Waals surface area contributed by atoms with Gasteiger partial charge in [-0.2, -0.15) is 11.8 Å². The molecule has 1 atom stereocenters. The Morgan fingerprint density at radius 3 is 2.00 bits per heavy atom. The van der Waals surface area contributed by atoms with Gasteiger partial charge in [0.05, 0.1) is 46.2 Å². The summed E-state index contributed by atoms with van der Waals surface area (Å²) in [7, 11) is 0. The predicted molar refractivity (Wildman–Crippen MR) is 77.9 cm³/mol. The second-order valence-corrected chi connectivity index (χ2v) is 5.48. The molecule has 1 N–H and O–H groups in total. The third kappa shape index (κ3) is 8.12. The molecule has 0 bridgehead atoms. The maximum absolute atomic E-state index is 9.54. The Balaban J connectivity index is 2.39. The number of aliphatic hydroxyl groups is 1. The smallest absolute Gasteiger partial charge is 0.0701 e. The molecule has 19 heavy (non-hydrogen) atoms. The van der Waals surface area contributed by atoms with Crippen LogP contribution in [0.5, 0.6) is 0 Å². The molecule has 0 aromatic heterocycles. The van der Waals surface area contributed by atoms with Gasteiger partial charge < -0.3 is 19.3 Å². The predicted octanol–water partition coefficient (Wildman–Crippen LogP) is 0.466. The standard InChI is InChI=1S/C13H27NO4S/c1-19-11-2-13(12-15)14-3-5-16-7-9-18-10-8-17-6-4-14/h13,15H,2-12H2,1H3/t13-/m1/s1. The van der Waals surface area contributed by atoms with E-state index in [0.717, 1.165) is 25.3 Å². The van der Waals surface area contributed by atoms with Gasteiger partial charge >= 0.3 is 0 Å². The number of hydrogen-bond donors (Lipinski definition) is 1. The molecule has 0 spiro atoms. The molecule has 0 unspecified atom stereocenters. The summed E-state index contributed by atoms with van der Waals surface area (Å²) in [6.07, 6.45) is 3.10. The Hall–Kier alpha value is 0.150. The average Bonchev–Trinajstić information content (AvgIpc) is 2.41. The Morgan fingerprint density at radius 1 is 1.00 bits per heavy atom. The summed E-state index contributed by atoms with van der Waals surface area (Å²) >= 11 is 1.82. The lowest BCUT2D eigenvalue weighted by atomic mass is 10.2. The van der Waals surface area contributed by atoms with Crippen molar-refractivity contribution in [2.45, 2.75) is 12.5 Å². The van der Waals surface area contributed by atoms with Gasteiger partial charge in [0.25, 0.3) is 0 Å². The molecule has 1 aliphatic heterocycles. The second-order valence-electron chi connectivity index (χ2n) is 4.49. The lowest BCUT2D eigenvalue weighted by Gasteiger charge is -2.30. The van der Waals surface area contributed by atoms with Gasteiger partial charge in [-0.25, -0.2) is 0 Å². The highest BCUT2D eigenvalue weighted by atomic mass is 32.2. The number of thioether (sulfide) groups is 1. The van der Waals surface area contributed by atoms with Crippen molar-refractivity contribution < 1.29 is 19.3 Å². The van der Waals surface area contributed by atoms with Crippen LogP contribution in [0.15, 0.2) is 0 Å². The zero-order valence-corrected chi connectivity index (χ0v) is 12.7. The van der Waals surface area contributed by atoms with Crippen LogP contribution in [0.3, 0.4) is 0 Å². The van der Waals surface area contributed by atoms with Gasteiger partial charge in [0.2, 0.25) is 0 Å². The van der Waals surface area contributed by atoms with E-state index in [9.17, 15) is 5.11 Å². The maximum atomic E-state index is 9.54. The van der Waals surface area contributed by atoms with Gasteiger partial charge in [0.1, 0.15) is 0 Å². The fraction of sp³-hybridized carbons (Fsp3) is 1.00. The molecule has 0 aliphatic carbocycles. The van der Waals surface area contributed by atoms with Gasteiger partial charge in [0.15, 0.2) is 0 Å². The summed E-state index contributed by atoms with van der Waals surface area (Å²) < 4.78 is 16.4. The topological polar surface area (TPSA) is 51.2 Å². The summed E-state index contributed by atoms with van der Waals surface area (Å²) in [4.78, 5) is 2.28. The molecule has 0 aromatic carbocycles. The molecule has 0 saturated carbocycles. The van der Waals surface area contributed by atoms with Crippen LogP contribution in [0.1, 0.15) is 6.42 Å². The van der Waals surface area contributed by atoms with E-state index in [1.54, 1.807) is 0 Å². The van der Waals surface area contributed by atoms with Gasteiger partial charge in [-0.15, -0.1) is 0 Å². The minimum Gasteiger partial charge on any atom is -0.395 e. The molecule has 0 radical (unpaired) electrons. The van der Waals surface area contributed by atoms with Crippen molar-refractivity contribution in [3.8, 4) is 0 Å². The van der Waals surface area contributed by atoms with E-state index >= 15 is 0 Å². The molecule has 1 fully saturated rings. The normalized spacial score (nSPS) is 22.4. The fourth-order valence-corrected chi connectivity index (χ4v) is 2.53. The molecule has 1 rings (SSSR count). The minimum atomic E-state index is 0.198. The Morgan fingerprint density at radius 2 is 1.53 bits per heavy atom. The summed E-state index contributed by atoms with van der Waals surface area (Å²) in [5.41, 5.74) is 0. The molecular formula is C13H27NO4S. The lowest BCUT2D eigenvalue weighted by Crippen LogP contribution is -2.42. The molecule has 5 nitrogen and oxygen atoms in total. The van der Waals surface area contributed by atoms with Crippen molar-refractivity contribution in [2.24, 2.45) is 0 Å². The van der Waals surface area contributed by atoms with E-state index in [1.165, 1.54) is 0 Å². The lowest BCUT2D eigenvalue weighted by molar-refractivity contribution is -0.0163. The molecule has 1 aliphatic rings. The number of nitrogens with zero attached hydrogens (tertiary/aromatic N) is 1. The molecule has 114 valence electrons. The largest absolute Gasteiger partial charge is 0.395 e. The SMILES string of the molecule is CSCC[C@H](CO)N1CCOCCOCCOCC1. The molecule has 0 aromatic rings. The molecule has 6 heteroatoms. The second kappa shape index (κ2) is 11.9. The zero-order chi connectivity index (χ0) is 13.8. The van der Waals surface area contributed by atoms with E-state index in [4.69, 9.17) is 14.2 Å². The first kappa shape index (κ1) is 17.2. The fourth-order valence-electron chi connectivity index (χ4n) is 2.03. The van der Waals surface area contributed by atoms with Crippen molar-refractivity contribution in [1.82, 2.24) is 4.90 Å². The molecule has 1 saturated heterocycles. The van der Waals surface area contributed by atoms with E-state index in [1.807, 2.05) is 11.8 Å². The van der Waals surface area contributed by atoms with Crippen molar-refractivity contribution in [1.29, 1.82) is 0 Å². The quantitative estimate of drug-likeness (QED) is 0.795. The highest BCUT2D eigenvalue weighted by Gasteiger charge is 2.17. The Kier molecular flexibility index (Phi) is 10.8. The zero-order valence-electron chi connectivity index (χ0n) is 11.9. The van der Waals surface area contributed by atoms with Gasteiger partial charge in [-0.3, -0.25) is 4.90 Å². The highest BCUT2D eigenvalue weighted by molar-refractivity contribution is 7.98. The monoisotopic (exact) mass is 293 g/mol. The summed E-state index contributed by atoms with van der Waals surface area (Å²) in [6, 6.07) is 0.207. The number of aliphatic hydroxyl groups excluding tert-OH is 1. The summed E-state index contributed by atoms with van der Waals surface area (Å²) in [5, 5.41) is 9.54. The molecule has 1 heterocycles. The number of rotatable bonds is 5. The van der Waals surface area contributed by atoms with E-state index in [0.29, 0.717) is 39.6 Å². The van der Waals surface area contributed by atoms with Crippen LogP contribution >= 0.6 is 11.8 Å². The Labute approximate surface area is 120 Å². The summed E-state index contributed by atoms with van der Waals surface area (Å²) in [6.45, 7) is 5.73. The Bertz CT molecular complexity index is 197. The maximum Gasteiger partial charge on any atom is 0.0701 e. The first-order valence-electron chi connectivity index (χ1n) is 6.95. The van der Waals surface area contributed by atoms with Gasteiger partial charge in [-0.05, 0) is 18.4 Å². The van der Waals surface area contributed by atoms with Crippen molar-refractivity contribution in [3.63, 3.8) is 0 Å². The van der Waals surface area contributed by atoms with Crippen LogP contribution < -0.4 is 0 Å². The molecule has 0 amide bonds. The van der Waals surface area contributed by atoms with Crippen LogP contribution in [0.25, 0.3) is 0 Å². The van der Waals surface area contributed by atoms with Crippen LogP contribution in [-0.2, 0) is 14.2 Å². The highest BCUT2D eigenvalue weighted by Crippen LogP contribution is 2.08. The van der Waals surface area contributed by atoms with Crippen LogP contribution in [0.4, 0.5) is 0 Å². The van der Waals surface area contributed by atoms with Crippen LogP contribution in [0, 0.1) is 0 Å². The van der Waals surface area contributed by atoms with Crippen molar-refractivity contribution in [2.75, 3.05) is 71.3 Å². The molecular weight excluding hydrogens is 266 g/mol. The van der Waals surface area contributed by atoms with Crippen LogP contribution in [0.2, 0.25) is 0 Å². The summed E-state index contributed by atoms with van der Waals surface area (Å²) in [5.74, 6) is 1.07. The van der Waals surface area contributed by atoms with Gasteiger partial charge in [0, 0.05) is 19.1 Å². The average molecular weight is 293 g/mol. The number of ether oxygens (including phenoxy) is 3.